The van der Waals surface area contributed by atoms with E-state index in [1.54, 1.807) is 12.1 Å². The zero-order valence-corrected chi connectivity index (χ0v) is 14.4. The highest BCUT2D eigenvalue weighted by molar-refractivity contribution is 7.99. The zero-order valence-electron chi connectivity index (χ0n) is 12.8. The van der Waals surface area contributed by atoms with E-state index in [2.05, 4.69) is 29.4 Å². The molecule has 0 saturated heterocycles. The number of carbonyl (C=O) groups is 1. The van der Waals surface area contributed by atoms with Crippen molar-refractivity contribution in [1.29, 1.82) is 0 Å². The topological polar surface area (TPSA) is 54.9 Å². The molecule has 1 amide bonds. The van der Waals surface area contributed by atoms with Gasteiger partial charge in [-0.3, -0.25) is 10.1 Å². The molecule has 0 radical (unpaired) electrons. The number of hydrogen-bond donors (Lipinski definition) is 1. The molecule has 2 rings (SSSR count). The van der Waals surface area contributed by atoms with Crippen LogP contribution in [0.2, 0.25) is 0 Å². The lowest BCUT2D eigenvalue weighted by Crippen LogP contribution is -2.13. The molecule has 1 aromatic heterocycles. The van der Waals surface area contributed by atoms with Crippen molar-refractivity contribution in [2.75, 3.05) is 5.32 Å². The van der Waals surface area contributed by atoms with Gasteiger partial charge in [0.1, 0.15) is 5.01 Å². The monoisotopic (exact) mass is 357 g/mol. The van der Waals surface area contributed by atoms with E-state index in [0.29, 0.717) is 22.8 Å². The van der Waals surface area contributed by atoms with E-state index in [1.165, 1.54) is 23.5 Å². The largest absolute Gasteiger partial charge is 0.296 e. The third-order valence-corrected chi connectivity index (χ3v) is 5.13. The first-order chi connectivity index (χ1) is 11.0. The van der Waals surface area contributed by atoms with Gasteiger partial charge in [0.25, 0.3) is 11.7 Å². The van der Waals surface area contributed by atoms with E-state index < -0.39 is 11.7 Å². The Morgan fingerprint density at radius 1 is 1.26 bits per heavy atom. The Hall–Kier alpha value is -1.54. The van der Waals surface area contributed by atoms with Crippen molar-refractivity contribution in [2.24, 2.45) is 0 Å². The van der Waals surface area contributed by atoms with Gasteiger partial charge in [0.05, 0.1) is 5.56 Å². The second kappa shape index (κ2) is 8.35. The van der Waals surface area contributed by atoms with Gasteiger partial charge in [-0.2, -0.15) is 8.78 Å². The van der Waals surface area contributed by atoms with Crippen LogP contribution in [0.4, 0.5) is 13.9 Å². The van der Waals surface area contributed by atoms with Crippen LogP contribution in [0.15, 0.2) is 29.2 Å². The number of halogens is 2. The molecule has 124 valence electrons. The highest BCUT2D eigenvalue weighted by Gasteiger charge is 2.18. The maximum Gasteiger partial charge on any atom is 0.288 e. The quantitative estimate of drug-likeness (QED) is 0.708. The van der Waals surface area contributed by atoms with Gasteiger partial charge in [0, 0.05) is 10.8 Å². The third kappa shape index (κ3) is 4.71. The molecule has 2 aromatic rings. The van der Waals surface area contributed by atoms with Gasteiger partial charge >= 0.3 is 0 Å². The van der Waals surface area contributed by atoms with Gasteiger partial charge in [0.2, 0.25) is 5.13 Å². The minimum Gasteiger partial charge on any atom is -0.296 e. The van der Waals surface area contributed by atoms with E-state index in [-0.39, 0.29) is 10.5 Å². The lowest BCUT2D eigenvalue weighted by Gasteiger charge is -2.08. The number of benzene rings is 1. The Labute approximate surface area is 141 Å². The fraction of sp³-hybridized carbons (Fsp3) is 0.400. The minimum absolute atomic E-state index is 0.206. The van der Waals surface area contributed by atoms with Crippen molar-refractivity contribution in [3.05, 3.63) is 34.8 Å². The molecule has 0 aliphatic carbocycles. The van der Waals surface area contributed by atoms with Gasteiger partial charge in [-0.25, -0.2) is 0 Å². The molecule has 0 spiro atoms. The highest BCUT2D eigenvalue weighted by Crippen LogP contribution is 2.30. The molecule has 0 atom stereocenters. The predicted molar refractivity (Wildman–Crippen MR) is 89.5 cm³/mol. The number of thioether (sulfide) groups is 1. The molecule has 1 N–H and O–H groups in total. The zero-order chi connectivity index (χ0) is 16.8. The fourth-order valence-corrected chi connectivity index (χ4v) is 3.75. The van der Waals surface area contributed by atoms with Crippen molar-refractivity contribution in [3.8, 4) is 0 Å². The van der Waals surface area contributed by atoms with E-state index in [0.717, 1.165) is 17.8 Å². The number of carbonyl (C=O) groups excluding carboxylic acids is 1. The molecule has 0 bridgehead atoms. The Balaban J connectivity index is 2.14. The first kappa shape index (κ1) is 17.8. The summed E-state index contributed by atoms with van der Waals surface area (Å²) < 4.78 is 25.1. The normalized spacial score (nSPS) is 11.2. The van der Waals surface area contributed by atoms with Crippen molar-refractivity contribution in [2.45, 2.75) is 43.3 Å². The Morgan fingerprint density at radius 3 is 2.61 bits per heavy atom. The smallest absolute Gasteiger partial charge is 0.288 e. The van der Waals surface area contributed by atoms with Crippen LogP contribution in [0.1, 0.15) is 48.0 Å². The van der Waals surface area contributed by atoms with E-state index in [9.17, 15) is 13.6 Å². The van der Waals surface area contributed by atoms with Crippen LogP contribution in [0.3, 0.4) is 0 Å². The van der Waals surface area contributed by atoms with Crippen molar-refractivity contribution < 1.29 is 13.6 Å². The van der Waals surface area contributed by atoms with Crippen LogP contribution in [0.5, 0.6) is 0 Å². The first-order valence-electron chi connectivity index (χ1n) is 7.23. The average Bonchev–Trinajstić information content (AvgIpc) is 2.96. The lowest BCUT2D eigenvalue weighted by atomic mass is 10.1. The molecule has 0 unspecified atom stereocenters. The molecule has 0 aliphatic heterocycles. The second-order valence-corrected chi connectivity index (χ2v) is 6.83. The summed E-state index contributed by atoms with van der Waals surface area (Å²) in [6.07, 6.45) is 1.90. The molecule has 1 aromatic carbocycles. The molecule has 8 heteroatoms. The summed E-state index contributed by atoms with van der Waals surface area (Å²) in [5.41, 5.74) is 0.206. The summed E-state index contributed by atoms with van der Waals surface area (Å²) in [6, 6.07) is 6.28. The summed E-state index contributed by atoms with van der Waals surface area (Å²) in [6.45, 7) is 4.15. The average molecular weight is 357 g/mol. The molecular formula is C15H17F2N3OS2. The van der Waals surface area contributed by atoms with E-state index >= 15 is 0 Å². The first-order valence-corrected chi connectivity index (χ1v) is 8.93. The van der Waals surface area contributed by atoms with Crippen molar-refractivity contribution in [3.63, 3.8) is 0 Å². The van der Waals surface area contributed by atoms with Crippen LogP contribution < -0.4 is 5.32 Å². The maximum absolute atomic E-state index is 12.6. The van der Waals surface area contributed by atoms with Gasteiger partial charge in [0.15, 0.2) is 0 Å². The summed E-state index contributed by atoms with van der Waals surface area (Å²) in [5.74, 6) is -2.72. The second-order valence-electron chi connectivity index (χ2n) is 4.79. The SMILES string of the molecule is CCC(CC)c1nnc(NC(=O)c2ccccc2SC(F)F)s1. The molecule has 23 heavy (non-hydrogen) atoms. The Morgan fingerprint density at radius 2 is 1.96 bits per heavy atom. The summed E-state index contributed by atoms with van der Waals surface area (Å²) in [7, 11) is 0. The van der Waals surface area contributed by atoms with Gasteiger partial charge in [-0.05, 0) is 25.0 Å². The molecule has 0 fully saturated rings. The van der Waals surface area contributed by atoms with Crippen LogP contribution in [-0.2, 0) is 0 Å². The molecular weight excluding hydrogens is 340 g/mol. The number of alkyl halides is 2. The van der Waals surface area contributed by atoms with Gasteiger partial charge < -0.3 is 0 Å². The summed E-state index contributed by atoms with van der Waals surface area (Å²) in [5, 5.41) is 12.0. The fourth-order valence-electron chi connectivity index (χ4n) is 2.11. The maximum atomic E-state index is 12.6. The molecule has 0 aliphatic rings. The Kier molecular flexibility index (Phi) is 6.47. The summed E-state index contributed by atoms with van der Waals surface area (Å²) in [4.78, 5) is 12.5. The van der Waals surface area contributed by atoms with E-state index in [4.69, 9.17) is 0 Å². The number of aromatic nitrogens is 2. The van der Waals surface area contributed by atoms with Crippen LogP contribution in [0.25, 0.3) is 0 Å². The van der Waals surface area contributed by atoms with Gasteiger partial charge in [-0.1, -0.05) is 49.1 Å². The number of anilines is 1. The number of rotatable bonds is 7. The van der Waals surface area contributed by atoms with Gasteiger partial charge in [-0.15, -0.1) is 10.2 Å². The highest BCUT2D eigenvalue weighted by atomic mass is 32.2. The van der Waals surface area contributed by atoms with Crippen molar-refractivity contribution in [1.82, 2.24) is 10.2 Å². The number of amides is 1. The van der Waals surface area contributed by atoms with E-state index in [1.807, 2.05) is 0 Å². The molecule has 1 heterocycles. The number of nitrogens with one attached hydrogen (secondary N) is 1. The number of nitrogens with zero attached hydrogens (tertiary/aromatic N) is 2. The lowest BCUT2D eigenvalue weighted by molar-refractivity contribution is 0.102. The Bertz CT molecular complexity index is 660. The number of hydrogen-bond acceptors (Lipinski definition) is 5. The standard InChI is InChI=1S/C15H17F2N3OS2/c1-3-9(4-2)13-19-20-15(23-13)18-12(21)10-7-5-6-8-11(10)22-14(16)17/h5-9,14H,3-4H2,1-2H3,(H,18,20,21). The van der Waals surface area contributed by atoms with Crippen molar-refractivity contribution >= 4 is 34.1 Å². The van der Waals surface area contributed by atoms with Crippen LogP contribution >= 0.6 is 23.1 Å². The molecule has 0 saturated carbocycles. The van der Waals surface area contributed by atoms with Crippen LogP contribution in [0, 0.1) is 0 Å². The third-order valence-electron chi connectivity index (χ3n) is 3.34. The summed E-state index contributed by atoms with van der Waals surface area (Å²) >= 11 is 1.68. The predicted octanol–water partition coefficient (Wildman–Crippen LogP) is 5.01. The van der Waals surface area contributed by atoms with Crippen LogP contribution in [-0.4, -0.2) is 21.9 Å². The molecule has 4 nitrogen and oxygen atoms in total. The minimum atomic E-state index is -2.58.